The number of hydrogen-bond acceptors (Lipinski definition) is 4. The van der Waals surface area contributed by atoms with Crippen molar-refractivity contribution in [2.24, 2.45) is 0 Å². The fraction of sp³-hybridized carbons (Fsp3) is 0.500. The van der Waals surface area contributed by atoms with Gasteiger partial charge in [-0.15, -0.1) is 0 Å². The first-order valence-corrected chi connectivity index (χ1v) is 6.66. The summed E-state index contributed by atoms with van der Waals surface area (Å²) in [6.45, 7) is 11.2. The molecular weight excluding hydrogens is 238 g/mol. The van der Waals surface area contributed by atoms with E-state index in [0.29, 0.717) is 5.92 Å². The first-order valence-electron chi connectivity index (χ1n) is 6.66. The molecule has 1 N–H and O–H groups in total. The van der Waals surface area contributed by atoms with E-state index in [1.165, 1.54) is 0 Å². The van der Waals surface area contributed by atoms with E-state index >= 15 is 0 Å². The van der Waals surface area contributed by atoms with Crippen LogP contribution in [0.4, 0.5) is 11.5 Å². The second-order valence-electron chi connectivity index (χ2n) is 4.94. The summed E-state index contributed by atoms with van der Waals surface area (Å²) in [6.07, 6.45) is 1.79. The number of nitrogens with zero attached hydrogens (tertiary/aromatic N) is 4. The summed E-state index contributed by atoms with van der Waals surface area (Å²) in [5.41, 5.74) is 3.16. The Morgan fingerprint density at radius 2 is 2.05 bits per heavy atom. The summed E-state index contributed by atoms with van der Waals surface area (Å²) in [7, 11) is 0. The minimum atomic E-state index is 0.322. The summed E-state index contributed by atoms with van der Waals surface area (Å²) in [4.78, 5) is 8.80. The predicted octanol–water partition coefficient (Wildman–Crippen LogP) is 3.18. The Morgan fingerprint density at radius 3 is 2.63 bits per heavy atom. The Kier molecular flexibility index (Phi) is 3.83. The topological polar surface area (TPSA) is 55.6 Å². The molecule has 0 atom stereocenters. The van der Waals surface area contributed by atoms with E-state index in [-0.39, 0.29) is 0 Å². The molecule has 102 valence electrons. The van der Waals surface area contributed by atoms with Crippen LogP contribution in [-0.4, -0.2) is 19.7 Å². The van der Waals surface area contributed by atoms with Crippen molar-refractivity contribution in [3.63, 3.8) is 0 Å². The Labute approximate surface area is 114 Å². The molecule has 0 aliphatic heterocycles. The van der Waals surface area contributed by atoms with Gasteiger partial charge in [-0.05, 0) is 26.8 Å². The van der Waals surface area contributed by atoms with E-state index in [0.717, 1.165) is 35.3 Å². The molecule has 0 amide bonds. The molecule has 0 bridgehead atoms. The van der Waals surface area contributed by atoms with Gasteiger partial charge < -0.3 is 5.32 Å². The van der Waals surface area contributed by atoms with Gasteiger partial charge in [0, 0.05) is 18.7 Å². The SMILES string of the molecule is CCn1nc(C)c(Nc2ccnc(C(C)C)n2)c1C. The highest BCUT2D eigenvalue weighted by molar-refractivity contribution is 5.61. The van der Waals surface area contributed by atoms with Crippen molar-refractivity contribution in [2.75, 3.05) is 5.32 Å². The van der Waals surface area contributed by atoms with Gasteiger partial charge >= 0.3 is 0 Å². The Morgan fingerprint density at radius 1 is 1.32 bits per heavy atom. The van der Waals surface area contributed by atoms with E-state index in [1.54, 1.807) is 6.20 Å². The molecule has 2 rings (SSSR count). The monoisotopic (exact) mass is 259 g/mol. The van der Waals surface area contributed by atoms with Crippen molar-refractivity contribution in [2.45, 2.75) is 47.1 Å². The van der Waals surface area contributed by atoms with Gasteiger partial charge in [-0.25, -0.2) is 9.97 Å². The Balaban J connectivity index is 2.31. The second-order valence-corrected chi connectivity index (χ2v) is 4.94. The number of rotatable bonds is 4. The van der Waals surface area contributed by atoms with E-state index in [4.69, 9.17) is 0 Å². The lowest BCUT2D eigenvalue weighted by atomic mass is 10.2. The Hall–Kier alpha value is -1.91. The van der Waals surface area contributed by atoms with Crippen LogP contribution in [0.3, 0.4) is 0 Å². The zero-order chi connectivity index (χ0) is 14.0. The number of hydrogen-bond donors (Lipinski definition) is 1. The molecule has 19 heavy (non-hydrogen) atoms. The van der Waals surface area contributed by atoms with Crippen molar-refractivity contribution in [3.8, 4) is 0 Å². The van der Waals surface area contributed by atoms with Gasteiger partial charge in [0.15, 0.2) is 0 Å². The lowest BCUT2D eigenvalue weighted by molar-refractivity contribution is 0.634. The zero-order valence-corrected chi connectivity index (χ0v) is 12.2. The average Bonchev–Trinajstić information content (AvgIpc) is 2.66. The molecule has 2 aromatic rings. The van der Waals surface area contributed by atoms with Crippen molar-refractivity contribution in [1.29, 1.82) is 0 Å². The van der Waals surface area contributed by atoms with E-state index < -0.39 is 0 Å². The van der Waals surface area contributed by atoms with Crippen LogP contribution in [-0.2, 0) is 6.54 Å². The van der Waals surface area contributed by atoms with Crippen LogP contribution < -0.4 is 5.32 Å². The molecular formula is C14H21N5. The summed E-state index contributed by atoms with van der Waals surface area (Å²) in [5, 5.41) is 7.85. The minimum absolute atomic E-state index is 0.322. The summed E-state index contributed by atoms with van der Waals surface area (Å²) >= 11 is 0. The van der Waals surface area contributed by atoms with Crippen molar-refractivity contribution >= 4 is 11.5 Å². The fourth-order valence-electron chi connectivity index (χ4n) is 2.04. The lowest BCUT2D eigenvalue weighted by Crippen LogP contribution is -2.03. The molecule has 0 saturated carbocycles. The smallest absolute Gasteiger partial charge is 0.134 e. The molecule has 0 aliphatic carbocycles. The normalized spacial score (nSPS) is 11.1. The van der Waals surface area contributed by atoms with Crippen LogP contribution in [0, 0.1) is 13.8 Å². The first kappa shape index (κ1) is 13.5. The molecule has 0 fully saturated rings. The van der Waals surface area contributed by atoms with Crippen LogP contribution >= 0.6 is 0 Å². The largest absolute Gasteiger partial charge is 0.337 e. The number of aromatic nitrogens is 4. The van der Waals surface area contributed by atoms with Crippen LogP contribution in [0.25, 0.3) is 0 Å². The molecule has 0 saturated heterocycles. The van der Waals surface area contributed by atoms with Crippen LogP contribution in [0.2, 0.25) is 0 Å². The summed E-state index contributed by atoms with van der Waals surface area (Å²) in [6, 6.07) is 1.88. The minimum Gasteiger partial charge on any atom is -0.337 e. The number of nitrogens with one attached hydrogen (secondary N) is 1. The molecule has 5 heteroatoms. The van der Waals surface area contributed by atoms with Crippen molar-refractivity contribution < 1.29 is 0 Å². The highest BCUT2D eigenvalue weighted by atomic mass is 15.3. The Bertz CT molecular complexity index is 571. The van der Waals surface area contributed by atoms with Gasteiger partial charge in [-0.3, -0.25) is 4.68 Å². The molecule has 0 aliphatic rings. The van der Waals surface area contributed by atoms with Crippen LogP contribution in [0.5, 0.6) is 0 Å². The van der Waals surface area contributed by atoms with Crippen molar-refractivity contribution in [1.82, 2.24) is 19.7 Å². The molecule has 0 spiro atoms. The first-order chi connectivity index (χ1) is 9.02. The second kappa shape index (κ2) is 5.38. The van der Waals surface area contributed by atoms with Gasteiger partial charge in [-0.1, -0.05) is 13.8 Å². The predicted molar refractivity (Wildman–Crippen MR) is 76.8 cm³/mol. The fourth-order valence-corrected chi connectivity index (χ4v) is 2.04. The van der Waals surface area contributed by atoms with Gasteiger partial charge in [0.2, 0.25) is 0 Å². The summed E-state index contributed by atoms with van der Waals surface area (Å²) in [5.74, 6) is 1.99. The van der Waals surface area contributed by atoms with Gasteiger partial charge in [0.1, 0.15) is 11.6 Å². The average molecular weight is 259 g/mol. The molecule has 0 radical (unpaired) electrons. The molecule has 5 nitrogen and oxygen atoms in total. The van der Waals surface area contributed by atoms with Crippen molar-refractivity contribution in [3.05, 3.63) is 29.5 Å². The third-order valence-corrected chi connectivity index (χ3v) is 3.12. The van der Waals surface area contributed by atoms with Gasteiger partial charge in [0.25, 0.3) is 0 Å². The van der Waals surface area contributed by atoms with Gasteiger partial charge in [0.05, 0.1) is 17.1 Å². The highest BCUT2D eigenvalue weighted by Gasteiger charge is 2.12. The zero-order valence-electron chi connectivity index (χ0n) is 12.2. The molecule has 2 heterocycles. The third-order valence-electron chi connectivity index (χ3n) is 3.12. The standard InChI is InChI=1S/C14H21N5/c1-6-19-11(5)13(10(4)18-19)16-12-7-8-15-14(17-12)9(2)3/h7-9H,6H2,1-5H3,(H,15,16,17). The number of aryl methyl sites for hydroxylation is 2. The third kappa shape index (κ3) is 2.75. The lowest BCUT2D eigenvalue weighted by Gasteiger charge is -2.09. The summed E-state index contributed by atoms with van der Waals surface area (Å²) < 4.78 is 1.99. The van der Waals surface area contributed by atoms with E-state index in [1.807, 2.05) is 17.7 Å². The van der Waals surface area contributed by atoms with Crippen LogP contribution in [0.1, 0.15) is 43.9 Å². The quantitative estimate of drug-likeness (QED) is 0.916. The van der Waals surface area contributed by atoms with E-state index in [9.17, 15) is 0 Å². The molecule has 2 aromatic heterocycles. The molecule has 0 unspecified atom stereocenters. The van der Waals surface area contributed by atoms with E-state index in [2.05, 4.69) is 48.1 Å². The molecule has 0 aromatic carbocycles. The maximum atomic E-state index is 4.53. The van der Waals surface area contributed by atoms with Crippen LogP contribution in [0.15, 0.2) is 12.3 Å². The maximum absolute atomic E-state index is 4.53. The van der Waals surface area contributed by atoms with Gasteiger partial charge in [-0.2, -0.15) is 5.10 Å². The highest BCUT2D eigenvalue weighted by Crippen LogP contribution is 2.23. The maximum Gasteiger partial charge on any atom is 0.134 e. The number of anilines is 2.